The second-order valence-corrected chi connectivity index (χ2v) is 5.84. The van der Waals surface area contributed by atoms with E-state index in [1.165, 1.54) is 12.8 Å². The first-order valence-electron chi connectivity index (χ1n) is 6.84. The molecule has 0 amide bonds. The molecule has 0 aliphatic heterocycles. The van der Waals surface area contributed by atoms with Crippen LogP contribution in [0.5, 0.6) is 0 Å². The van der Waals surface area contributed by atoms with Crippen LogP contribution < -0.4 is 5.32 Å². The van der Waals surface area contributed by atoms with Gasteiger partial charge in [-0.2, -0.15) is 0 Å². The molecule has 1 saturated carbocycles. The minimum absolute atomic E-state index is 0.129. The van der Waals surface area contributed by atoms with Crippen molar-refractivity contribution < 1.29 is 4.39 Å². The van der Waals surface area contributed by atoms with E-state index in [-0.39, 0.29) is 5.82 Å². The van der Waals surface area contributed by atoms with Crippen LogP contribution >= 0.6 is 0 Å². The molecule has 1 nitrogen and oxygen atoms in total. The molecule has 1 aromatic rings. The predicted molar refractivity (Wildman–Crippen MR) is 73.1 cm³/mol. The van der Waals surface area contributed by atoms with Crippen LogP contribution in [0.15, 0.2) is 30.4 Å². The molecule has 4 unspecified atom stereocenters. The molecule has 2 aliphatic carbocycles. The summed E-state index contributed by atoms with van der Waals surface area (Å²) in [6, 6.07) is 5.73. The summed E-state index contributed by atoms with van der Waals surface area (Å²) in [6.07, 6.45) is 7.39. The summed E-state index contributed by atoms with van der Waals surface area (Å²) in [4.78, 5) is 0. The number of aryl methyl sites for hydroxylation is 1. The maximum Gasteiger partial charge on any atom is 0.126 e. The van der Waals surface area contributed by atoms with E-state index in [1.54, 1.807) is 6.07 Å². The highest BCUT2D eigenvalue weighted by atomic mass is 19.1. The Morgan fingerprint density at radius 3 is 2.72 bits per heavy atom. The Kier molecular flexibility index (Phi) is 2.89. The zero-order valence-corrected chi connectivity index (χ0v) is 11.0. The highest BCUT2D eigenvalue weighted by Gasteiger charge is 2.38. The average molecular weight is 245 g/mol. The number of anilines is 1. The van der Waals surface area contributed by atoms with Crippen LogP contribution in [-0.2, 0) is 0 Å². The van der Waals surface area contributed by atoms with E-state index >= 15 is 0 Å². The van der Waals surface area contributed by atoms with Crippen LogP contribution in [0.3, 0.4) is 0 Å². The molecule has 3 rings (SSSR count). The van der Waals surface area contributed by atoms with Crippen LogP contribution in [0, 0.1) is 30.5 Å². The summed E-state index contributed by atoms with van der Waals surface area (Å²) in [5, 5.41) is 3.54. The second kappa shape index (κ2) is 4.42. The van der Waals surface area contributed by atoms with Crippen LogP contribution in [-0.4, -0.2) is 6.04 Å². The molecule has 1 N–H and O–H groups in total. The van der Waals surface area contributed by atoms with Crippen LogP contribution in [0.2, 0.25) is 0 Å². The van der Waals surface area contributed by atoms with Crippen molar-refractivity contribution >= 4 is 5.69 Å². The Balaban J connectivity index is 1.69. The molecule has 1 fully saturated rings. The molecule has 1 aromatic carbocycles. The van der Waals surface area contributed by atoms with Gasteiger partial charge in [-0.25, -0.2) is 4.39 Å². The highest BCUT2D eigenvalue weighted by molar-refractivity contribution is 5.47. The maximum absolute atomic E-state index is 13.2. The lowest BCUT2D eigenvalue weighted by Crippen LogP contribution is -2.28. The largest absolute Gasteiger partial charge is 0.382 e. The lowest BCUT2D eigenvalue weighted by molar-refractivity contribution is 0.400. The SMILES string of the molecule is Cc1cc(NC(C)C2CC3C=CC2C3)ccc1F. The van der Waals surface area contributed by atoms with Crippen molar-refractivity contribution in [3.05, 3.63) is 41.7 Å². The highest BCUT2D eigenvalue weighted by Crippen LogP contribution is 2.45. The number of nitrogens with one attached hydrogen (secondary N) is 1. The van der Waals surface area contributed by atoms with Crippen molar-refractivity contribution in [1.29, 1.82) is 0 Å². The first-order valence-corrected chi connectivity index (χ1v) is 6.84. The monoisotopic (exact) mass is 245 g/mol. The third kappa shape index (κ3) is 2.05. The van der Waals surface area contributed by atoms with Crippen LogP contribution in [0.4, 0.5) is 10.1 Å². The lowest BCUT2D eigenvalue weighted by Gasteiger charge is -2.27. The Labute approximate surface area is 108 Å². The van der Waals surface area contributed by atoms with E-state index in [2.05, 4.69) is 24.4 Å². The summed E-state index contributed by atoms with van der Waals surface area (Å²) in [5.41, 5.74) is 1.74. The minimum atomic E-state index is -0.129. The van der Waals surface area contributed by atoms with Gasteiger partial charge in [0.2, 0.25) is 0 Å². The summed E-state index contributed by atoms with van der Waals surface area (Å²) >= 11 is 0. The van der Waals surface area contributed by atoms with Crippen molar-refractivity contribution in [1.82, 2.24) is 0 Å². The smallest absolute Gasteiger partial charge is 0.126 e. The molecule has 0 spiro atoms. The van der Waals surface area contributed by atoms with Gasteiger partial charge in [0.1, 0.15) is 5.82 Å². The Morgan fingerprint density at radius 1 is 1.28 bits per heavy atom. The molecular formula is C16H20FN. The van der Waals surface area contributed by atoms with E-state index in [9.17, 15) is 4.39 Å². The molecular weight excluding hydrogens is 225 g/mol. The van der Waals surface area contributed by atoms with Gasteiger partial charge in [-0.05, 0) is 68.2 Å². The van der Waals surface area contributed by atoms with Gasteiger partial charge in [-0.15, -0.1) is 0 Å². The van der Waals surface area contributed by atoms with Gasteiger partial charge in [0.25, 0.3) is 0 Å². The van der Waals surface area contributed by atoms with Gasteiger partial charge < -0.3 is 5.32 Å². The molecule has 0 aromatic heterocycles. The Morgan fingerprint density at radius 2 is 2.11 bits per heavy atom. The summed E-state index contributed by atoms with van der Waals surface area (Å²) in [6.45, 7) is 4.06. The predicted octanol–water partition coefficient (Wildman–Crippen LogP) is 4.15. The van der Waals surface area contributed by atoms with Crippen molar-refractivity contribution in [2.24, 2.45) is 17.8 Å². The topological polar surface area (TPSA) is 12.0 Å². The molecule has 2 heteroatoms. The molecule has 18 heavy (non-hydrogen) atoms. The molecule has 96 valence electrons. The van der Waals surface area contributed by atoms with Crippen molar-refractivity contribution in [3.8, 4) is 0 Å². The number of fused-ring (bicyclic) bond motifs is 2. The second-order valence-electron chi connectivity index (χ2n) is 5.84. The van der Waals surface area contributed by atoms with E-state index in [0.29, 0.717) is 11.6 Å². The first kappa shape index (κ1) is 11.8. The summed E-state index contributed by atoms with van der Waals surface area (Å²) in [7, 11) is 0. The third-order valence-corrected chi connectivity index (χ3v) is 4.52. The van der Waals surface area contributed by atoms with E-state index in [4.69, 9.17) is 0 Å². The summed E-state index contributed by atoms with van der Waals surface area (Å²) < 4.78 is 13.2. The quantitative estimate of drug-likeness (QED) is 0.789. The number of rotatable bonds is 3. The van der Waals surface area contributed by atoms with Gasteiger partial charge in [0, 0.05) is 11.7 Å². The van der Waals surface area contributed by atoms with Crippen LogP contribution in [0.1, 0.15) is 25.3 Å². The minimum Gasteiger partial charge on any atom is -0.382 e. The molecule has 2 aliphatic rings. The van der Waals surface area contributed by atoms with E-state index < -0.39 is 0 Å². The fraction of sp³-hybridized carbons (Fsp3) is 0.500. The average Bonchev–Trinajstić information content (AvgIpc) is 2.96. The Hall–Kier alpha value is -1.31. The normalized spacial score (nSPS) is 30.7. The number of benzene rings is 1. The van der Waals surface area contributed by atoms with Gasteiger partial charge in [-0.1, -0.05) is 12.2 Å². The van der Waals surface area contributed by atoms with Crippen molar-refractivity contribution in [2.45, 2.75) is 32.7 Å². The van der Waals surface area contributed by atoms with Crippen LogP contribution in [0.25, 0.3) is 0 Å². The molecule has 4 atom stereocenters. The number of halogens is 1. The molecule has 0 saturated heterocycles. The summed E-state index contributed by atoms with van der Waals surface area (Å²) in [5.74, 6) is 2.15. The lowest BCUT2D eigenvalue weighted by atomic mass is 9.87. The van der Waals surface area contributed by atoms with E-state index in [1.807, 2.05) is 19.1 Å². The van der Waals surface area contributed by atoms with Gasteiger partial charge in [-0.3, -0.25) is 0 Å². The molecule has 2 bridgehead atoms. The molecule has 0 heterocycles. The van der Waals surface area contributed by atoms with Gasteiger partial charge in [0.15, 0.2) is 0 Å². The maximum atomic E-state index is 13.2. The first-order chi connectivity index (χ1) is 8.63. The van der Waals surface area contributed by atoms with E-state index in [0.717, 1.165) is 23.4 Å². The third-order valence-electron chi connectivity index (χ3n) is 4.52. The fourth-order valence-electron chi connectivity index (χ4n) is 3.50. The zero-order chi connectivity index (χ0) is 12.7. The van der Waals surface area contributed by atoms with Crippen molar-refractivity contribution in [3.63, 3.8) is 0 Å². The van der Waals surface area contributed by atoms with Crippen molar-refractivity contribution in [2.75, 3.05) is 5.32 Å². The van der Waals surface area contributed by atoms with Gasteiger partial charge >= 0.3 is 0 Å². The number of hydrogen-bond donors (Lipinski definition) is 1. The van der Waals surface area contributed by atoms with Gasteiger partial charge in [0.05, 0.1) is 0 Å². The number of allylic oxidation sites excluding steroid dienone is 2. The fourth-order valence-corrected chi connectivity index (χ4v) is 3.50. The molecule has 0 radical (unpaired) electrons. The standard InChI is InChI=1S/C16H20FN/c1-10-7-14(5-6-16(10)17)18-11(2)15-9-12-3-4-13(15)8-12/h3-7,11-13,15,18H,8-9H2,1-2H3. The Bertz CT molecular complexity index is 480. The number of hydrogen-bond acceptors (Lipinski definition) is 1. The zero-order valence-electron chi connectivity index (χ0n) is 11.0.